The molecule has 17 heavy (non-hydrogen) atoms. The Hall–Kier alpha value is -1.59. The Morgan fingerprint density at radius 1 is 1.12 bits per heavy atom. The highest BCUT2D eigenvalue weighted by Crippen LogP contribution is 2.26. The molecule has 0 fully saturated rings. The number of halogens is 1. The Bertz CT molecular complexity index is 528. The summed E-state index contributed by atoms with van der Waals surface area (Å²) in [4.78, 5) is 4.29. The Labute approximate surface area is 108 Å². The van der Waals surface area contributed by atoms with Crippen LogP contribution < -0.4 is 16.6 Å². The lowest BCUT2D eigenvalue weighted by atomic mass is 10.2. The summed E-state index contributed by atoms with van der Waals surface area (Å²) < 4.78 is 1.07. The highest BCUT2D eigenvalue weighted by Gasteiger charge is 2.03. The summed E-state index contributed by atoms with van der Waals surface area (Å²) in [6, 6.07) is 11.6. The summed E-state index contributed by atoms with van der Waals surface area (Å²) in [6.45, 7) is 2.04. The van der Waals surface area contributed by atoms with Crippen molar-refractivity contribution >= 4 is 33.3 Å². The van der Waals surface area contributed by atoms with Crippen LogP contribution in [0.25, 0.3) is 0 Å². The second-order valence-corrected chi connectivity index (χ2v) is 4.44. The summed E-state index contributed by atoms with van der Waals surface area (Å²) in [5.74, 6) is 6.70. The van der Waals surface area contributed by atoms with Gasteiger partial charge in [0, 0.05) is 10.2 Å². The highest BCUT2D eigenvalue weighted by atomic mass is 79.9. The van der Waals surface area contributed by atoms with Gasteiger partial charge >= 0.3 is 0 Å². The standard InChI is InChI=1S/C12H13BrN4/c1-8-9(13)4-2-5-10(8)15-11-6-3-7-12(16-11)17-14/h2-7H,14H2,1H3,(H2,15,16,17). The van der Waals surface area contributed by atoms with E-state index in [1.165, 1.54) is 0 Å². The van der Waals surface area contributed by atoms with E-state index >= 15 is 0 Å². The van der Waals surface area contributed by atoms with Gasteiger partial charge in [-0.1, -0.05) is 28.1 Å². The van der Waals surface area contributed by atoms with Crippen molar-refractivity contribution in [3.63, 3.8) is 0 Å². The van der Waals surface area contributed by atoms with Crippen molar-refractivity contribution in [2.75, 3.05) is 10.7 Å². The molecule has 0 aliphatic rings. The van der Waals surface area contributed by atoms with Gasteiger partial charge in [-0.15, -0.1) is 0 Å². The SMILES string of the molecule is Cc1c(Br)cccc1Nc1cccc(NN)n1. The molecular formula is C12H13BrN4. The average molecular weight is 293 g/mol. The van der Waals surface area contributed by atoms with Crippen molar-refractivity contribution in [3.8, 4) is 0 Å². The molecule has 1 heterocycles. The van der Waals surface area contributed by atoms with Crippen LogP contribution in [0.3, 0.4) is 0 Å². The molecule has 5 heteroatoms. The van der Waals surface area contributed by atoms with E-state index in [0.29, 0.717) is 5.82 Å². The van der Waals surface area contributed by atoms with E-state index < -0.39 is 0 Å². The number of nitrogens with one attached hydrogen (secondary N) is 2. The van der Waals surface area contributed by atoms with E-state index in [1.807, 2.05) is 37.3 Å². The number of nitrogens with two attached hydrogens (primary N) is 1. The van der Waals surface area contributed by atoms with Gasteiger partial charge in [0.05, 0.1) is 0 Å². The zero-order chi connectivity index (χ0) is 12.3. The molecule has 88 valence electrons. The van der Waals surface area contributed by atoms with Gasteiger partial charge in [0.1, 0.15) is 11.6 Å². The topological polar surface area (TPSA) is 63.0 Å². The first-order valence-electron chi connectivity index (χ1n) is 5.16. The van der Waals surface area contributed by atoms with Crippen molar-refractivity contribution in [3.05, 3.63) is 46.4 Å². The zero-order valence-electron chi connectivity index (χ0n) is 9.37. The summed E-state index contributed by atoms with van der Waals surface area (Å²) in [5.41, 5.74) is 4.67. The molecule has 4 nitrogen and oxygen atoms in total. The molecule has 0 aliphatic heterocycles. The number of pyridine rings is 1. The van der Waals surface area contributed by atoms with E-state index in [2.05, 4.69) is 31.7 Å². The summed E-state index contributed by atoms with van der Waals surface area (Å²) in [5, 5.41) is 3.25. The van der Waals surface area contributed by atoms with E-state index in [9.17, 15) is 0 Å². The fourth-order valence-corrected chi connectivity index (χ4v) is 1.83. The van der Waals surface area contributed by atoms with Gasteiger partial charge in [0.25, 0.3) is 0 Å². The molecule has 1 aromatic heterocycles. The number of aromatic nitrogens is 1. The van der Waals surface area contributed by atoms with E-state index in [-0.39, 0.29) is 0 Å². The predicted molar refractivity (Wildman–Crippen MR) is 74.2 cm³/mol. The molecule has 0 bridgehead atoms. The second kappa shape index (κ2) is 5.16. The van der Waals surface area contributed by atoms with Crippen LogP contribution >= 0.6 is 15.9 Å². The number of nitrogens with zero attached hydrogens (tertiary/aromatic N) is 1. The van der Waals surface area contributed by atoms with Crippen LogP contribution in [0.15, 0.2) is 40.9 Å². The summed E-state index contributed by atoms with van der Waals surface area (Å²) in [6.07, 6.45) is 0. The van der Waals surface area contributed by atoms with Gasteiger partial charge in [-0.05, 0) is 36.8 Å². The molecule has 0 aliphatic carbocycles. The minimum atomic E-state index is 0.627. The maximum Gasteiger partial charge on any atom is 0.142 e. The number of hydrazine groups is 1. The summed E-state index contributed by atoms with van der Waals surface area (Å²) in [7, 11) is 0. The van der Waals surface area contributed by atoms with Gasteiger partial charge in [-0.3, -0.25) is 0 Å². The van der Waals surface area contributed by atoms with Crippen LogP contribution in [0.5, 0.6) is 0 Å². The minimum absolute atomic E-state index is 0.627. The van der Waals surface area contributed by atoms with Crippen molar-refractivity contribution in [1.82, 2.24) is 4.98 Å². The Balaban J connectivity index is 2.28. The second-order valence-electron chi connectivity index (χ2n) is 3.59. The molecule has 0 amide bonds. The number of hydrogen-bond acceptors (Lipinski definition) is 4. The van der Waals surface area contributed by atoms with Crippen molar-refractivity contribution < 1.29 is 0 Å². The largest absolute Gasteiger partial charge is 0.340 e. The third kappa shape index (κ3) is 2.75. The molecule has 0 unspecified atom stereocenters. The van der Waals surface area contributed by atoms with Gasteiger partial charge < -0.3 is 10.7 Å². The van der Waals surface area contributed by atoms with Crippen molar-refractivity contribution in [2.24, 2.45) is 5.84 Å². The van der Waals surface area contributed by atoms with Gasteiger partial charge in [0.2, 0.25) is 0 Å². The predicted octanol–water partition coefficient (Wildman–Crippen LogP) is 3.18. The molecule has 0 atom stereocenters. The molecule has 0 saturated heterocycles. The van der Waals surface area contributed by atoms with Gasteiger partial charge in [-0.25, -0.2) is 10.8 Å². The molecule has 4 N–H and O–H groups in total. The molecule has 0 spiro atoms. The first kappa shape index (κ1) is 11.9. The van der Waals surface area contributed by atoms with Crippen LogP contribution in [0.1, 0.15) is 5.56 Å². The first-order valence-corrected chi connectivity index (χ1v) is 5.96. The molecule has 0 radical (unpaired) electrons. The number of hydrogen-bond donors (Lipinski definition) is 3. The molecule has 1 aromatic carbocycles. The quantitative estimate of drug-likeness (QED) is 0.601. The fourth-order valence-electron chi connectivity index (χ4n) is 1.47. The Kier molecular flexibility index (Phi) is 3.61. The average Bonchev–Trinajstić information content (AvgIpc) is 2.35. The number of nitrogen functional groups attached to an aromatic ring is 1. The maximum absolute atomic E-state index is 5.32. The fraction of sp³-hybridized carbons (Fsp3) is 0.0833. The summed E-state index contributed by atoms with van der Waals surface area (Å²) >= 11 is 3.49. The van der Waals surface area contributed by atoms with E-state index in [4.69, 9.17) is 5.84 Å². The van der Waals surface area contributed by atoms with Crippen LogP contribution in [-0.2, 0) is 0 Å². The van der Waals surface area contributed by atoms with Crippen LogP contribution in [0.4, 0.5) is 17.3 Å². The van der Waals surface area contributed by atoms with E-state index in [1.54, 1.807) is 6.07 Å². The number of anilines is 3. The monoisotopic (exact) mass is 292 g/mol. The molecule has 0 saturated carbocycles. The third-order valence-electron chi connectivity index (χ3n) is 2.43. The Morgan fingerprint density at radius 2 is 1.82 bits per heavy atom. The normalized spacial score (nSPS) is 10.1. The lowest BCUT2D eigenvalue weighted by Crippen LogP contribution is -2.09. The molecule has 2 rings (SSSR count). The van der Waals surface area contributed by atoms with E-state index in [0.717, 1.165) is 21.5 Å². The van der Waals surface area contributed by atoms with Gasteiger partial charge in [0.15, 0.2) is 0 Å². The highest BCUT2D eigenvalue weighted by molar-refractivity contribution is 9.10. The van der Waals surface area contributed by atoms with Crippen LogP contribution in [0.2, 0.25) is 0 Å². The zero-order valence-corrected chi connectivity index (χ0v) is 11.0. The van der Waals surface area contributed by atoms with Gasteiger partial charge in [-0.2, -0.15) is 0 Å². The number of benzene rings is 1. The smallest absolute Gasteiger partial charge is 0.142 e. The molecule has 2 aromatic rings. The minimum Gasteiger partial charge on any atom is -0.340 e. The van der Waals surface area contributed by atoms with Crippen molar-refractivity contribution in [1.29, 1.82) is 0 Å². The third-order valence-corrected chi connectivity index (χ3v) is 3.29. The first-order chi connectivity index (χ1) is 8.20. The van der Waals surface area contributed by atoms with Crippen LogP contribution in [-0.4, -0.2) is 4.98 Å². The lowest BCUT2D eigenvalue weighted by Gasteiger charge is -2.10. The lowest BCUT2D eigenvalue weighted by molar-refractivity contribution is 1.22. The Morgan fingerprint density at radius 3 is 2.59 bits per heavy atom. The maximum atomic E-state index is 5.32. The van der Waals surface area contributed by atoms with Crippen molar-refractivity contribution in [2.45, 2.75) is 6.92 Å². The molecular weight excluding hydrogens is 280 g/mol. The van der Waals surface area contributed by atoms with Crippen LogP contribution in [0, 0.1) is 6.92 Å². The number of rotatable bonds is 3.